The Bertz CT molecular complexity index is 901. The fourth-order valence-corrected chi connectivity index (χ4v) is 3.69. The van der Waals surface area contributed by atoms with Gasteiger partial charge in [-0.05, 0) is 54.7 Å². The van der Waals surface area contributed by atoms with Crippen LogP contribution in [0.15, 0.2) is 42.5 Å². The van der Waals surface area contributed by atoms with Crippen molar-refractivity contribution in [3.05, 3.63) is 58.6 Å². The summed E-state index contributed by atoms with van der Waals surface area (Å²) in [6.07, 6.45) is 2.24. The van der Waals surface area contributed by atoms with Crippen molar-refractivity contribution < 1.29 is 19.1 Å². The summed E-state index contributed by atoms with van der Waals surface area (Å²) in [5.41, 5.74) is 1.93. The predicted octanol–water partition coefficient (Wildman–Crippen LogP) is 4.33. The lowest BCUT2D eigenvalue weighted by atomic mass is 10.1. The largest absolute Gasteiger partial charge is 0.454 e. The summed E-state index contributed by atoms with van der Waals surface area (Å²) in [6, 6.07) is 12.6. The summed E-state index contributed by atoms with van der Waals surface area (Å²) >= 11 is 6.00. The molecule has 2 aromatic rings. The Morgan fingerprint density at radius 2 is 1.77 bits per heavy atom. The number of amides is 2. The van der Waals surface area contributed by atoms with Gasteiger partial charge in [0.05, 0.1) is 0 Å². The Morgan fingerprint density at radius 1 is 1.06 bits per heavy atom. The van der Waals surface area contributed by atoms with Crippen LogP contribution in [0.3, 0.4) is 0 Å². The number of aryl methyl sites for hydroxylation is 1. The number of fused-ring (bicyclic) bond motifs is 1. The molecular weight excluding hydrogens is 416 g/mol. The van der Waals surface area contributed by atoms with E-state index in [4.69, 9.17) is 21.1 Å². The van der Waals surface area contributed by atoms with E-state index in [0.717, 1.165) is 23.3 Å². The Hall–Kier alpha value is -2.73. The molecule has 0 aromatic heterocycles. The van der Waals surface area contributed by atoms with E-state index < -0.39 is 6.04 Å². The lowest BCUT2D eigenvalue weighted by Crippen LogP contribution is -2.49. The van der Waals surface area contributed by atoms with Gasteiger partial charge in [0.1, 0.15) is 6.04 Å². The van der Waals surface area contributed by atoms with E-state index >= 15 is 0 Å². The second kappa shape index (κ2) is 11.0. The number of carbonyl (C=O) groups is 2. The average molecular weight is 445 g/mol. The molecule has 1 aliphatic rings. The minimum Gasteiger partial charge on any atom is -0.454 e. The van der Waals surface area contributed by atoms with Crippen molar-refractivity contribution in [1.82, 2.24) is 10.2 Å². The van der Waals surface area contributed by atoms with Gasteiger partial charge in [0.2, 0.25) is 18.6 Å². The average Bonchev–Trinajstić information content (AvgIpc) is 3.25. The number of halogens is 1. The Labute approximate surface area is 188 Å². The van der Waals surface area contributed by atoms with Gasteiger partial charge < -0.3 is 19.7 Å². The molecular formula is C24H29ClN2O4. The normalized spacial score (nSPS) is 13.0. The van der Waals surface area contributed by atoms with Gasteiger partial charge in [0.25, 0.3) is 0 Å². The summed E-state index contributed by atoms with van der Waals surface area (Å²) in [5.74, 6) is 1.24. The third-order valence-corrected chi connectivity index (χ3v) is 5.52. The SMILES string of the molecule is CCCNC(=O)C(CC)N(Cc1ccc(Cl)cc1)C(=O)CCc1ccc2c(c1)OCO2. The van der Waals surface area contributed by atoms with Gasteiger partial charge in [-0.3, -0.25) is 9.59 Å². The number of rotatable bonds is 10. The maximum atomic E-state index is 13.3. The first kappa shape index (κ1) is 22.9. The fraction of sp³-hybridized carbons (Fsp3) is 0.417. The Kier molecular flexibility index (Phi) is 8.18. The highest BCUT2D eigenvalue weighted by Gasteiger charge is 2.28. The van der Waals surface area contributed by atoms with Crippen molar-refractivity contribution in [1.29, 1.82) is 0 Å². The van der Waals surface area contributed by atoms with Gasteiger partial charge in [0.15, 0.2) is 11.5 Å². The van der Waals surface area contributed by atoms with Crippen molar-refractivity contribution in [2.75, 3.05) is 13.3 Å². The van der Waals surface area contributed by atoms with Crippen molar-refractivity contribution in [3.8, 4) is 11.5 Å². The maximum Gasteiger partial charge on any atom is 0.242 e. The third-order valence-electron chi connectivity index (χ3n) is 5.27. The molecule has 6 nitrogen and oxygen atoms in total. The van der Waals surface area contributed by atoms with E-state index in [2.05, 4.69) is 5.32 Å². The van der Waals surface area contributed by atoms with E-state index in [-0.39, 0.29) is 18.6 Å². The van der Waals surface area contributed by atoms with Gasteiger partial charge in [-0.2, -0.15) is 0 Å². The number of carbonyl (C=O) groups excluding carboxylic acids is 2. The number of benzene rings is 2. The van der Waals surface area contributed by atoms with E-state index in [9.17, 15) is 9.59 Å². The third kappa shape index (κ3) is 6.14. The number of ether oxygens (including phenoxy) is 2. The molecule has 1 N–H and O–H groups in total. The van der Waals surface area contributed by atoms with Crippen LogP contribution in [0.1, 0.15) is 44.2 Å². The molecule has 0 bridgehead atoms. The van der Waals surface area contributed by atoms with Gasteiger partial charge in [-0.15, -0.1) is 0 Å². The highest BCUT2D eigenvalue weighted by Crippen LogP contribution is 2.32. The van der Waals surface area contributed by atoms with Gasteiger partial charge in [-0.25, -0.2) is 0 Å². The minimum atomic E-state index is -0.522. The van der Waals surface area contributed by atoms with E-state index in [1.165, 1.54) is 0 Å². The van der Waals surface area contributed by atoms with Crippen molar-refractivity contribution in [3.63, 3.8) is 0 Å². The molecule has 1 heterocycles. The summed E-state index contributed by atoms with van der Waals surface area (Å²) in [6.45, 7) is 5.10. The summed E-state index contributed by atoms with van der Waals surface area (Å²) in [7, 11) is 0. The van der Waals surface area contributed by atoms with E-state index in [1.807, 2.05) is 44.2 Å². The van der Waals surface area contributed by atoms with E-state index in [1.54, 1.807) is 17.0 Å². The summed E-state index contributed by atoms with van der Waals surface area (Å²) in [5, 5.41) is 3.57. The van der Waals surface area contributed by atoms with Crippen molar-refractivity contribution in [2.45, 2.75) is 52.1 Å². The molecule has 0 spiro atoms. The molecule has 0 saturated carbocycles. The molecule has 2 amide bonds. The topological polar surface area (TPSA) is 67.9 Å². The molecule has 31 heavy (non-hydrogen) atoms. The zero-order valence-corrected chi connectivity index (χ0v) is 18.8. The molecule has 3 rings (SSSR count). The zero-order valence-electron chi connectivity index (χ0n) is 18.0. The van der Waals surface area contributed by atoms with Gasteiger partial charge in [0, 0.05) is 24.5 Å². The molecule has 1 aliphatic heterocycles. The molecule has 7 heteroatoms. The first-order chi connectivity index (χ1) is 15.0. The van der Waals surface area contributed by atoms with E-state index in [0.29, 0.717) is 43.1 Å². The molecule has 2 aromatic carbocycles. The summed E-state index contributed by atoms with van der Waals surface area (Å²) in [4.78, 5) is 27.7. The second-order valence-electron chi connectivity index (χ2n) is 7.55. The monoisotopic (exact) mass is 444 g/mol. The van der Waals surface area contributed by atoms with Crippen LogP contribution < -0.4 is 14.8 Å². The molecule has 0 radical (unpaired) electrons. The van der Waals surface area contributed by atoms with Crippen LogP contribution in [-0.2, 0) is 22.6 Å². The molecule has 166 valence electrons. The van der Waals surface area contributed by atoms with Crippen LogP contribution in [0.25, 0.3) is 0 Å². The predicted molar refractivity (Wildman–Crippen MR) is 120 cm³/mol. The Morgan fingerprint density at radius 3 is 2.48 bits per heavy atom. The number of nitrogens with zero attached hydrogens (tertiary/aromatic N) is 1. The first-order valence-corrected chi connectivity index (χ1v) is 11.1. The van der Waals surface area contributed by atoms with Crippen LogP contribution >= 0.6 is 11.6 Å². The minimum absolute atomic E-state index is 0.0638. The van der Waals surface area contributed by atoms with Crippen LogP contribution in [0.4, 0.5) is 0 Å². The maximum absolute atomic E-state index is 13.3. The number of hydrogen-bond acceptors (Lipinski definition) is 4. The lowest BCUT2D eigenvalue weighted by Gasteiger charge is -2.30. The number of nitrogens with one attached hydrogen (secondary N) is 1. The quantitative estimate of drug-likeness (QED) is 0.592. The number of hydrogen-bond donors (Lipinski definition) is 1. The molecule has 0 saturated heterocycles. The molecule has 1 unspecified atom stereocenters. The van der Waals surface area contributed by atoms with Gasteiger partial charge >= 0.3 is 0 Å². The van der Waals surface area contributed by atoms with Crippen LogP contribution in [0.5, 0.6) is 11.5 Å². The Balaban J connectivity index is 1.73. The van der Waals surface area contributed by atoms with Crippen LogP contribution in [0, 0.1) is 0 Å². The second-order valence-corrected chi connectivity index (χ2v) is 7.99. The highest BCUT2D eigenvalue weighted by atomic mass is 35.5. The zero-order chi connectivity index (χ0) is 22.2. The first-order valence-electron chi connectivity index (χ1n) is 10.7. The fourth-order valence-electron chi connectivity index (χ4n) is 3.56. The summed E-state index contributed by atoms with van der Waals surface area (Å²) < 4.78 is 10.8. The molecule has 0 aliphatic carbocycles. The van der Waals surface area contributed by atoms with Crippen molar-refractivity contribution in [2.24, 2.45) is 0 Å². The highest BCUT2D eigenvalue weighted by molar-refractivity contribution is 6.30. The van der Waals surface area contributed by atoms with Gasteiger partial charge in [-0.1, -0.05) is 43.6 Å². The smallest absolute Gasteiger partial charge is 0.242 e. The van der Waals surface area contributed by atoms with Crippen molar-refractivity contribution >= 4 is 23.4 Å². The molecule has 0 fully saturated rings. The molecule has 1 atom stereocenters. The lowest BCUT2D eigenvalue weighted by molar-refractivity contribution is -0.141. The van der Waals surface area contributed by atoms with Crippen LogP contribution in [0.2, 0.25) is 5.02 Å². The van der Waals surface area contributed by atoms with Crippen LogP contribution in [-0.4, -0.2) is 36.1 Å². The standard InChI is InChI=1S/C24H29ClN2O4/c1-3-13-26-24(29)20(4-2)27(15-18-5-9-19(25)10-6-18)23(28)12-8-17-7-11-21-22(14-17)31-16-30-21/h5-7,9-11,14,20H,3-4,8,12-13,15-16H2,1-2H3,(H,26,29).